The van der Waals surface area contributed by atoms with Crippen LogP contribution >= 0.6 is 15.6 Å². The molecule has 0 aromatic carbocycles. The number of hydrogen-bond donors (Lipinski definition) is 7. The molecule has 9 N–H and O–H groups in total. The van der Waals surface area contributed by atoms with Crippen LogP contribution in [0.1, 0.15) is 38.1 Å². The molecule has 57 heavy (non-hydrogen) atoms. The van der Waals surface area contributed by atoms with Crippen LogP contribution in [0.3, 0.4) is 0 Å². The highest BCUT2D eigenvalue weighted by molar-refractivity contribution is 7.47. The predicted octanol–water partition coefficient (Wildman–Crippen LogP) is -1.53. The van der Waals surface area contributed by atoms with Crippen LogP contribution < -0.4 is 22.5 Å². The van der Waals surface area contributed by atoms with E-state index in [1.54, 1.807) is 11.0 Å². The van der Waals surface area contributed by atoms with Crippen molar-refractivity contribution in [3.63, 3.8) is 0 Å². The first-order chi connectivity index (χ1) is 27.0. The van der Waals surface area contributed by atoms with E-state index < -0.39 is 83.5 Å². The number of aromatic nitrogens is 6. The second-order valence-electron chi connectivity index (χ2n) is 13.3. The second-order valence-corrected chi connectivity index (χ2v) is 16.0. The highest BCUT2D eigenvalue weighted by atomic mass is 31.2. The maximum Gasteiger partial charge on any atom is 0.472 e. The number of rotatable bonds is 17. The molecule has 9 atom stereocenters. The summed E-state index contributed by atoms with van der Waals surface area (Å²) < 4.78 is 59.8. The molecule has 3 aliphatic heterocycles. The Balaban J connectivity index is 1.15. The van der Waals surface area contributed by atoms with Gasteiger partial charge in [0, 0.05) is 38.2 Å². The highest BCUT2D eigenvalue weighted by Crippen LogP contribution is 2.50. The number of nitrogens with zero attached hydrogens (tertiary/aromatic N) is 7. The Morgan fingerprint density at radius 1 is 1.09 bits per heavy atom. The van der Waals surface area contributed by atoms with Gasteiger partial charge in [0.25, 0.3) is 0 Å². The molecule has 0 bridgehead atoms. The SMILES string of the molecule is C=CCCC(=O)N[C@H]1CCN(CC(=O)OC2[C@@H](COP(=O)(O)OC3C[C@H](n4ccc(N)nc4=O)O[C@@H]3COP(=O)(O)O)O[C@@H](n3cnc4c(N)ncnc43)[C@H]2O)C1. The standard InChI is InChI=1S/C30H42N10O15P2/c1-2-3-4-21(41)36-16-5-7-38(10-16)11-23(42)54-26-19(53-29(25(26)43)40-15-35-24-27(32)33-14-34-28(24)40)13-51-57(48,49)55-17-9-22(39-8-6-20(31)37-30(39)44)52-18(17)12-50-56(45,46)47/h2,6,8,14-19,22,25-26,29,43H,1,3-5,7,9-13H2,(H,36,41)(H,48,49)(H2,31,37,44)(H2,32,33,34)(H2,45,46,47)/t16-,17?,18+,19+,22+,25-,26?,29+/m0/s1. The molecule has 6 heterocycles. The molecule has 3 aromatic rings. The fraction of sp³-hybridized carbons (Fsp3) is 0.567. The Bertz CT molecular complexity index is 2100. The van der Waals surface area contributed by atoms with Gasteiger partial charge in [0.1, 0.15) is 48.3 Å². The van der Waals surface area contributed by atoms with Gasteiger partial charge in [-0.25, -0.2) is 28.9 Å². The third-order valence-corrected chi connectivity index (χ3v) is 10.7. The Labute approximate surface area is 322 Å². The zero-order valence-corrected chi connectivity index (χ0v) is 31.8. The number of aliphatic hydroxyl groups is 1. The van der Waals surface area contributed by atoms with Gasteiger partial charge in [-0.15, -0.1) is 6.58 Å². The minimum atomic E-state index is -5.15. The molecular weight excluding hydrogens is 802 g/mol. The average Bonchev–Trinajstić information content (AvgIpc) is 3.92. The summed E-state index contributed by atoms with van der Waals surface area (Å²) >= 11 is 0. The maximum atomic E-state index is 13.4. The molecule has 3 aromatic heterocycles. The number of nitrogens with one attached hydrogen (secondary N) is 1. The average molecular weight is 845 g/mol. The van der Waals surface area contributed by atoms with E-state index in [1.807, 2.05) is 0 Å². The number of hydrogen-bond acceptors (Lipinski definition) is 19. The monoisotopic (exact) mass is 844 g/mol. The molecule has 0 aliphatic carbocycles. The van der Waals surface area contributed by atoms with Crippen molar-refractivity contribution in [3.05, 3.63) is 48.1 Å². The largest absolute Gasteiger partial charge is 0.472 e. The number of carbonyl (C=O) groups excluding carboxylic acids is 2. The number of esters is 1. The fourth-order valence-electron chi connectivity index (χ4n) is 6.60. The van der Waals surface area contributed by atoms with Crippen molar-refractivity contribution in [1.82, 2.24) is 39.3 Å². The number of anilines is 2. The van der Waals surface area contributed by atoms with Crippen LogP contribution in [0.5, 0.6) is 0 Å². The molecular formula is C30H42N10O15P2. The Morgan fingerprint density at radius 3 is 2.60 bits per heavy atom. The van der Waals surface area contributed by atoms with Gasteiger partial charge in [0.15, 0.2) is 23.8 Å². The number of carbonyl (C=O) groups is 2. The first-order valence-corrected chi connectivity index (χ1v) is 20.5. The summed E-state index contributed by atoms with van der Waals surface area (Å²) in [5.74, 6) is -0.986. The van der Waals surface area contributed by atoms with E-state index in [4.69, 9.17) is 34.7 Å². The van der Waals surface area contributed by atoms with Crippen molar-refractivity contribution in [1.29, 1.82) is 0 Å². The molecule has 1 amide bonds. The van der Waals surface area contributed by atoms with Gasteiger partial charge in [-0.2, -0.15) is 4.98 Å². The number of nitrogens with two attached hydrogens (primary N) is 2. The number of aliphatic hydroxyl groups excluding tert-OH is 1. The highest BCUT2D eigenvalue weighted by Gasteiger charge is 2.50. The molecule has 3 fully saturated rings. The lowest BCUT2D eigenvalue weighted by molar-refractivity contribution is -0.157. The Kier molecular flexibility index (Phi) is 13.2. The van der Waals surface area contributed by atoms with Crippen molar-refractivity contribution in [2.75, 3.05) is 44.3 Å². The number of phosphoric acid groups is 2. The zero-order valence-electron chi connectivity index (χ0n) is 30.0. The van der Waals surface area contributed by atoms with E-state index in [2.05, 4.69) is 36.4 Å². The Morgan fingerprint density at radius 2 is 1.86 bits per heavy atom. The van der Waals surface area contributed by atoms with E-state index in [0.29, 0.717) is 25.9 Å². The third-order valence-electron chi connectivity index (χ3n) is 9.22. The molecule has 0 saturated carbocycles. The molecule has 25 nitrogen and oxygen atoms in total. The van der Waals surface area contributed by atoms with Crippen LogP contribution in [0.4, 0.5) is 11.6 Å². The summed E-state index contributed by atoms with van der Waals surface area (Å²) in [4.78, 5) is 84.9. The number of ether oxygens (including phenoxy) is 3. The normalized spacial score (nSPS) is 27.7. The minimum Gasteiger partial charge on any atom is -0.456 e. The summed E-state index contributed by atoms with van der Waals surface area (Å²) in [7, 11) is -10.2. The van der Waals surface area contributed by atoms with Crippen LogP contribution in [-0.4, -0.2) is 135 Å². The molecule has 3 unspecified atom stereocenters. The van der Waals surface area contributed by atoms with Crippen LogP contribution in [-0.2, 0) is 46.5 Å². The summed E-state index contributed by atoms with van der Waals surface area (Å²) in [6, 6.07) is 1.09. The number of nitrogen functional groups attached to an aromatic ring is 2. The summed E-state index contributed by atoms with van der Waals surface area (Å²) in [6.45, 7) is 2.56. The van der Waals surface area contributed by atoms with Crippen LogP contribution in [0.25, 0.3) is 11.2 Å². The van der Waals surface area contributed by atoms with Crippen molar-refractivity contribution >= 4 is 50.3 Å². The summed E-state index contributed by atoms with van der Waals surface area (Å²) in [5.41, 5.74) is 11.0. The van der Waals surface area contributed by atoms with Crippen molar-refractivity contribution < 1.29 is 66.3 Å². The fourth-order valence-corrected chi connectivity index (χ4v) is 7.90. The second kappa shape index (κ2) is 17.7. The van der Waals surface area contributed by atoms with Gasteiger partial charge in [-0.05, 0) is 18.9 Å². The van der Waals surface area contributed by atoms with Crippen LogP contribution in [0, 0.1) is 0 Å². The van der Waals surface area contributed by atoms with Crippen LogP contribution in [0.15, 0.2) is 42.4 Å². The number of allylic oxidation sites excluding steroid dienone is 1. The summed E-state index contributed by atoms with van der Waals surface area (Å²) in [5, 5.41) is 14.4. The van der Waals surface area contributed by atoms with E-state index in [0.717, 1.165) is 10.9 Å². The maximum absolute atomic E-state index is 13.4. The first kappa shape index (κ1) is 42.4. The van der Waals surface area contributed by atoms with E-state index >= 15 is 0 Å². The predicted molar refractivity (Wildman–Crippen MR) is 192 cm³/mol. The van der Waals surface area contributed by atoms with E-state index in [1.165, 1.54) is 23.2 Å². The van der Waals surface area contributed by atoms with Gasteiger partial charge in [-0.3, -0.25) is 37.2 Å². The quantitative estimate of drug-likeness (QED) is 0.0460. The van der Waals surface area contributed by atoms with Gasteiger partial charge in [0.05, 0.1) is 26.1 Å². The zero-order chi connectivity index (χ0) is 41.1. The lowest BCUT2D eigenvalue weighted by atomic mass is 10.1. The topological polar surface area (TPSA) is 350 Å². The minimum absolute atomic E-state index is 0.0356. The van der Waals surface area contributed by atoms with E-state index in [-0.39, 0.29) is 54.1 Å². The molecule has 3 aliphatic rings. The molecule has 6 rings (SSSR count). The van der Waals surface area contributed by atoms with Crippen molar-refractivity contribution in [2.45, 2.75) is 74.7 Å². The number of fused-ring (bicyclic) bond motifs is 1. The van der Waals surface area contributed by atoms with Crippen molar-refractivity contribution in [3.8, 4) is 0 Å². The molecule has 0 radical (unpaired) electrons. The van der Waals surface area contributed by atoms with Gasteiger partial charge in [-0.1, -0.05) is 6.08 Å². The number of amides is 1. The number of phosphoric ester groups is 2. The molecule has 27 heteroatoms. The third kappa shape index (κ3) is 10.6. The lowest BCUT2D eigenvalue weighted by Crippen LogP contribution is -2.42. The van der Waals surface area contributed by atoms with Crippen molar-refractivity contribution in [2.24, 2.45) is 0 Å². The summed E-state index contributed by atoms with van der Waals surface area (Å²) in [6.07, 6.45) is -3.53. The van der Waals surface area contributed by atoms with Gasteiger partial charge >= 0.3 is 27.3 Å². The molecule has 3 saturated heterocycles. The first-order valence-electron chi connectivity index (χ1n) is 17.4. The van der Waals surface area contributed by atoms with Crippen LogP contribution in [0.2, 0.25) is 0 Å². The molecule has 0 spiro atoms. The Hall–Kier alpha value is -4.23. The number of likely N-dealkylation sites (tertiary alicyclic amines) is 1. The lowest BCUT2D eigenvalue weighted by Gasteiger charge is -2.24. The number of imidazole rings is 1. The van der Waals surface area contributed by atoms with Gasteiger partial charge in [0.2, 0.25) is 5.91 Å². The smallest absolute Gasteiger partial charge is 0.456 e. The molecule has 312 valence electrons. The van der Waals surface area contributed by atoms with Gasteiger partial charge < -0.3 is 50.8 Å². The van der Waals surface area contributed by atoms with E-state index in [9.17, 15) is 43.3 Å².